The molecule has 0 atom stereocenters. The van der Waals surface area contributed by atoms with Gasteiger partial charge in [-0.2, -0.15) is 0 Å². The van der Waals surface area contributed by atoms with Crippen molar-refractivity contribution < 1.29 is 0 Å². The van der Waals surface area contributed by atoms with Gasteiger partial charge in [-0.3, -0.25) is 9.36 Å². The first kappa shape index (κ1) is 13.4. The van der Waals surface area contributed by atoms with Crippen LogP contribution in [0.15, 0.2) is 58.3 Å². The summed E-state index contributed by atoms with van der Waals surface area (Å²) in [5.41, 5.74) is 1.57. The predicted molar refractivity (Wildman–Crippen MR) is 90.5 cm³/mol. The number of hydrogen-bond acceptors (Lipinski definition) is 5. The van der Waals surface area contributed by atoms with E-state index in [1.807, 2.05) is 35.0 Å². The van der Waals surface area contributed by atoms with Crippen LogP contribution in [0.5, 0.6) is 0 Å². The third kappa shape index (κ3) is 2.36. The van der Waals surface area contributed by atoms with Crippen LogP contribution in [0.2, 0.25) is 0 Å². The van der Waals surface area contributed by atoms with E-state index in [1.165, 1.54) is 0 Å². The van der Waals surface area contributed by atoms with E-state index in [0.717, 1.165) is 21.1 Å². The lowest BCUT2D eigenvalue weighted by Crippen LogP contribution is -2.21. The molecule has 0 N–H and O–H groups in total. The van der Waals surface area contributed by atoms with Crippen molar-refractivity contribution in [3.05, 3.63) is 69.5 Å². The molecule has 3 aromatic heterocycles. The van der Waals surface area contributed by atoms with E-state index < -0.39 is 0 Å². The number of thiophene rings is 1. The van der Waals surface area contributed by atoms with Crippen molar-refractivity contribution in [1.29, 1.82) is 0 Å². The van der Waals surface area contributed by atoms with Crippen molar-refractivity contribution in [2.45, 2.75) is 6.54 Å². The molecule has 3 heterocycles. The maximum absolute atomic E-state index is 12.5. The van der Waals surface area contributed by atoms with Gasteiger partial charge >= 0.3 is 0 Å². The van der Waals surface area contributed by atoms with Crippen LogP contribution in [0, 0.1) is 0 Å². The number of benzene rings is 1. The normalized spacial score (nSPS) is 11.1. The monoisotopic (exact) mass is 325 g/mol. The largest absolute Gasteiger partial charge is 0.293 e. The Morgan fingerprint density at radius 3 is 2.86 bits per heavy atom. The molecule has 4 nitrogen and oxygen atoms in total. The summed E-state index contributed by atoms with van der Waals surface area (Å²) in [6, 6.07) is 11.5. The second kappa shape index (κ2) is 5.47. The Balaban J connectivity index is 1.69. The van der Waals surface area contributed by atoms with Crippen LogP contribution in [0.4, 0.5) is 0 Å². The summed E-state index contributed by atoms with van der Waals surface area (Å²) < 4.78 is 1.61. The van der Waals surface area contributed by atoms with Gasteiger partial charge < -0.3 is 0 Å². The number of para-hydroxylation sites is 1. The van der Waals surface area contributed by atoms with Gasteiger partial charge in [0.25, 0.3) is 5.56 Å². The minimum atomic E-state index is -0.0312. The fourth-order valence-electron chi connectivity index (χ4n) is 2.29. The zero-order valence-electron chi connectivity index (χ0n) is 11.5. The Morgan fingerprint density at radius 1 is 1.09 bits per heavy atom. The van der Waals surface area contributed by atoms with E-state index in [0.29, 0.717) is 11.9 Å². The summed E-state index contributed by atoms with van der Waals surface area (Å²) >= 11 is 3.27. The lowest BCUT2D eigenvalue weighted by Gasteiger charge is -2.04. The van der Waals surface area contributed by atoms with Crippen LogP contribution >= 0.6 is 22.7 Å². The summed E-state index contributed by atoms with van der Waals surface area (Å²) in [6.07, 6.45) is 1.59. The van der Waals surface area contributed by atoms with Crippen molar-refractivity contribution in [1.82, 2.24) is 14.5 Å². The topological polar surface area (TPSA) is 47.8 Å². The molecule has 0 saturated carbocycles. The van der Waals surface area contributed by atoms with Crippen LogP contribution in [0.1, 0.15) is 5.69 Å². The van der Waals surface area contributed by atoms with E-state index in [1.54, 1.807) is 39.6 Å². The van der Waals surface area contributed by atoms with E-state index in [-0.39, 0.29) is 5.56 Å². The maximum Gasteiger partial charge on any atom is 0.261 e. The van der Waals surface area contributed by atoms with Crippen molar-refractivity contribution >= 4 is 33.6 Å². The Hall–Kier alpha value is -2.31. The van der Waals surface area contributed by atoms with Crippen molar-refractivity contribution in [3.63, 3.8) is 0 Å². The molecule has 0 aliphatic carbocycles. The SMILES string of the molecule is O=c1c2ccccc2ncn1Cc1csc(-c2cccs2)n1. The first-order chi connectivity index (χ1) is 10.8. The van der Waals surface area contributed by atoms with E-state index in [2.05, 4.69) is 16.0 Å². The van der Waals surface area contributed by atoms with Crippen LogP contribution in [-0.4, -0.2) is 14.5 Å². The summed E-state index contributed by atoms with van der Waals surface area (Å²) in [5.74, 6) is 0. The zero-order chi connectivity index (χ0) is 14.9. The quantitative estimate of drug-likeness (QED) is 0.578. The number of fused-ring (bicyclic) bond motifs is 1. The lowest BCUT2D eigenvalue weighted by molar-refractivity contribution is 0.734. The van der Waals surface area contributed by atoms with Crippen LogP contribution in [0.3, 0.4) is 0 Å². The van der Waals surface area contributed by atoms with Gasteiger partial charge in [-0.05, 0) is 23.6 Å². The maximum atomic E-state index is 12.5. The molecule has 0 aliphatic rings. The van der Waals surface area contributed by atoms with E-state index in [9.17, 15) is 4.79 Å². The van der Waals surface area contributed by atoms with Crippen molar-refractivity contribution in [2.24, 2.45) is 0 Å². The Bertz CT molecular complexity index is 986. The molecule has 0 unspecified atom stereocenters. The van der Waals surface area contributed by atoms with Gasteiger partial charge in [-0.1, -0.05) is 18.2 Å². The highest BCUT2D eigenvalue weighted by atomic mass is 32.1. The minimum absolute atomic E-state index is 0.0312. The summed E-state index contributed by atoms with van der Waals surface area (Å²) in [7, 11) is 0. The molecule has 22 heavy (non-hydrogen) atoms. The standard InChI is InChI=1S/C16H11N3OS2/c20-16-12-4-1-2-5-13(12)17-10-19(16)8-11-9-22-15(18-11)14-6-3-7-21-14/h1-7,9-10H,8H2. The molecule has 108 valence electrons. The number of nitrogens with zero attached hydrogens (tertiary/aromatic N) is 3. The van der Waals surface area contributed by atoms with Gasteiger partial charge in [0.1, 0.15) is 5.01 Å². The molecule has 0 bridgehead atoms. The van der Waals surface area contributed by atoms with E-state index >= 15 is 0 Å². The molecular formula is C16H11N3OS2. The summed E-state index contributed by atoms with van der Waals surface area (Å²) in [5, 5.41) is 5.66. The highest BCUT2D eigenvalue weighted by Gasteiger charge is 2.08. The van der Waals surface area contributed by atoms with Crippen molar-refractivity contribution in [2.75, 3.05) is 0 Å². The minimum Gasteiger partial charge on any atom is -0.293 e. The van der Waals surface area contributed by atoms with E-state index in [4.69, 9.17) is 0 Å². The molecule has 0 spiro atoms. The predicted octanol–water partition coefficient (Wildman–Crippen LogP) is 3.63. The lowest BCUT2D eigenvalue weighted by atomic mass is 10.2. The molecule has 0 radical (unpaired) electrons. The molecule has 0 amide bonds. The molecule has 6 heteroatoms. The first-order valence-electron chi connectivity index (χ1n) is 6.74. The molecular weight excluding hydrogens is 314 g/mol. The highest BCUT2D eigenvalue weighted by Crippen LogP contribution is 2.27. The van der Waals surface area contributed by atoms with Crippen molar-refractivity contribution in [3.8, 4) is 9.88 Å². The fraction of sp³-hybridized carbons (Fsp3) is 0.0625. The third-order valence-corrected chi connectivity index (χ3v) is 5.28. The smallest absolute Gasteiger partial charge is 0.261 e. The second-order valence-electron chi connectivity index (χ2n) is 4.82. The molecule has 0 fully saturated rings. The average molecular weight is 325 g/mol. The fourth-order valence-corrected chi connectivity index (χ4v) is 3.91. The molecule has 4 aromatic rings. The Kier molecular flexibility index (Phi) is 3.32. The number of rotatable bonds is 3. The number of thiazole rings is 1. The summed E-state index contributed by atoms with van der Waals surface area (Å²) in [4.78, 5) is 22.6. The third-order valence-electron chi connectivity index (χ3n) is 3.35. The second-order valence-corrected chi connectivity index (χ2v) is 6.62. The van der Waals surface area contributed by atoms with Gasteiger partial charge in [-0.25, -0.2) is 9.97 Å². The van der Waals surface area contributed by atoms with Crippen LogP contribution in [0.25, 0.3) is 20.8 Å². The van der Waals surface area contributed by atoms with Gasteiger partial charge in [0, 0.05) is 5.38 Å². The van der Waals surface area contributed by atoms with Crippen LogP contribution in [-0.2, 0) is 6.54 Å². The Morgan fingerprint density at radius 2 is 2.00 bits per heavy atom. The summed E-state index contributed by atoms with van der Waals surface area (Å²) in [6.45, 7) is 0.443. The molecule has 0 aliphatic heterocycles. The zero-order valence-corrected chi connectivity index (χ0v) is 13.1. The highest BCUT2D eigenvalue weighted by molar-refractivity contribution is 7.20. The molecule has 0 saturated heterocycles. The van der Waals surface area contributed by atoms with Gasteiger partial charge in [0.2, 0.25) is 0 Å². The average Bonchev–Trinajstić information content (AvgIpc) is 3.21. The van der Waals surface area contributed by atoms with Crippen LogP contribution < -0.4 is 5.56 Å². The Labute approximate surface area is 134 Å². The molecule has 1 aromatic carbocycles. The first-order valence-corrected chi connectivity index (χ1v) is 8.50. The molecule has 4 rings (SSSR count). The van der Waals surface area contributed by atoms with Gasteiger partial charge in [0.15, 0.2) is 0 Å². The number of aromatic nitrogens is 3. The van der Waals surface area contributed by atoms with Gasteiger partial charge in [0.05, 0.1) is 34.3 Å². The van der Waals surface area contributed by atoms with Gasteiger partial charge in [-0.15, -0.1) is 22.7 Å². The number of hydrogen-bond donors (Lipinski definition) is 0.